The molecule has 38 heavy (non-hydrogen) atoms. The summed E-state index contributed by atoms with van der Waals surface area (Å²) in [4.78, 5) is 27.0. The maximum atomic E-state index is 12.9. The number of carbonyl (C=O) groups is 2. The van der Waals surface area contributed by atoms with E-state index in [1.165, 1.54) is 24.1 Å². The van der Waals surface area contributed by atoms with Crippen LogP contribution in [0.3, 0.4) is 0 Å². The van der Waals surface area contributed by atoms with Gasteiger partial charge in [0.15, 0.2) is 0 Å². The lowest BCUT2D eigenvalue weighted by Crippen LogP contribution is -2.41. The van der Waals surface area contributed by atoms with Gasteiger partial charge in [0.25, 0.3) is 0 Å². The Hall–Kier alpha value is -3.79. The molecule has 4 rings (SSSR count). The Morgan fingerprint density at radius 2 is 1.71 bits per heavy atom. The van der Waals surface area contributed by atoms with Gasteiger partial charge in [-0.1, -0.05) is 17.7 Å². The van der Waals surface area contributed by atoms with Crippen LogP contribution in [0.4, 0.5) is 4.79 Å². The van der Waals surface area contributed by atoms with Gasteiger partial charge in [-0.25, -0.2) is 9.59 Å². The summed E-state index contributed by atoms with van der Waals surface area (Å²) in [7, 11) is -0.880. The molecule has 10 heteroatoms. The Morgan fingerprint density at radius 3 is 2.34 bits per heavy atom. The van der Waals surface area contributed by atoms with Crippen LogP contribution >= 0.6 is 0 Å². The Bertz CT molecular complexity index is 1530. The predicted molar refractivity (Wildman–Crippen MR) is 143 cm³/mol. The van der Waals surface area contributed by atoms with Crippen molar-refractivity contribution in [2.24, 2.45) is 7.05 Å². The zero-order valence-corrected chi connectivity index (χ0v) is 23.2. The van der Waals surface area contributed by atoms with Crippen LogP contribution in [0.5, 0.6) is 5.75 Å². The van der Waals surface area contributed by atoms with Crippen LogP contribution in [0.15, 0.2) is 59.1 Å². The lowest BCUT2D eigenvalue weighted by atomic mass is 9.93. The minimum absolute atomic E-state index is 0.0330. The number of benzene rings is 2. The largest absolute Gasteiger partial charge is 0.466 e. The number of fused-ring (bicyclic) bond motifs is 1. The van der Waals surface area contributed by atoms with Crippen LogP contribution in [-0.2, 0) is 31.4 Å². The topological polar surface area (TPSA) is 104 Å². The molecule has 0 fully saturated rings. The van der Waals surface area contributed by atoms with Gasteiger partial charge in [0.1, 0.15) is 16.2 Å². The number of ether oxygens (including phenoxy) is 2. The van der Waals surface area contributed by atoms with Crippen molar-refractivity contribution in [2.45, 2.75) is 44.6 Å². The number of aryl methyl sites for hydroxylation is 2. The maximum absolute atomic E-state index is 12.9. The molecule has 3 aromatic rings. The van der Waals surface area contributed by atoms with Crippen molar-refractivity contribution < 1.29 is 31.7 Å². The third kappa shape index (κ3) is 5.70. The van der Waals surface area contributed by atoms with Crippen LogP contribution in [0.25, 0.3) is 16.5 Å². The van der Waals surface area contributed by atoms with E-state index in [0.29, 0.717) is 23.9 Å². The quantitative estimate of drug-likeness (QED) is 0.338. The molecule has 0 bridgehead atoms. The van der Waals surface area contributed by atoms with E-state index < -0.39 is 27.8 Å². The van der Waals surface area contributed by atoms with Crippen LogP contribution in [-0.4, -0.2) is 55.7 Å². The SMILES string of the molecule is COC(=O)C1=C(c2cn(C)c3ccc(OS(=O)(=O)c4ccc(C)cc4)cc23)CCN(C(=O)OC(C)(C)C)C1. The molecule has 0 N–H and O–H groups in total. The van der Waals surface area contributed by atoms with E-state index in [9.17, 15) is 18.0 Å². The van der Waals surface area contributed by atoms with Crippen molar-refractivity contribution in [1.82, 2.24) is 9.47 Å². The summed E-state index contributed by atoms with van der Waals surface area (Å²) >= 11 is 0. The molecule has 9 nitrogen and oxygen atoms in total. The number of hydrogen-bond donors (Lipinski definition) is 0. The summed E-state index contributed by atoms with van der Waals surface area (Å²) in [5.41, 5.74) is 2.90. The molecule has 2 heterocycles. The van der Waals surface area contributed by atoms with E-state index in [1.54, 1.807) is 51.1 Å². The van der Waals surface area contributed by atoms with Crippen molar-refractivity contribution >= 4 is 38.7 Å². The standard InChI is InChI=1S/C28H32N2O7S/c1-18-7-10-20(11-8-18)38(33,34)37-19-9-12-25-22(15-19)23(16-29(25)5)21-13-14-30(17-24(21)26(31)35-6)27(32)36-28(2,3)4/h7-12,15-16H,13-14,17H2,1-6H3. The molecule has 0 aliphatic carbocycles. The zero-order valence-electron chi connectivity index (χ0n) is 22.4. The van der Waals surface area contributed by atoms with Gasteiger partial charge in [-0.15, -0.1) is 0 Å². The van der Waals surface area contributed by atoms with Crippen molar-refractivity contribution in [2.75, 3.05) is 20.2 Å². The summed E-state index contributed by atoms with van der Waals surface area (Å²) in [6.07, 6.45) is 1.76. The second kappa shape index (κ2) is 10.2. The first-order chi connectivity index (χ1) is 17.8. The normalized spacial score (nSPS) is 14.5. The molecule has 0 atom stereocenters. The molecular formula is C28H32N2O7S. The summed E-state index contributed by atoms with van der Waals surface area (Å²) < 4.78 is 43.6. The first-order valence-electron chi connectivity index (χ1n) is 12.2. The van der Waals surface area contributed by atoms with E-state index in [2.05, 4.69) is 0 Å². The van der Waals surface area contributed by atoms with Crippen LogP contribution < -0.4 is 4.18 Å². The van der Waals surface area contributed by atoms with Gasteiger partial charge in [0.2, 0.25) is 0 Å². The van der Waals surface area contributed by atoms with Gasteiger partial charge < -0.3 is 23.1 Å². The van der Waals surface area contributed by atoms with Crippen LogP contribution in [0.1, 0.15) is 38.3 Å². The Balaban J connectivity index is 1.73. The second-order valence-electron chi connectivity index (χ2n) is 10.3. The number of aromatic nitrogens is 1. The average Bonchev–Trinajstić information content (AvgIpc) is 3.17. The van der Waals surface area contributed by atoms with Gasteiger partial charge in [-0.05, 0) is 70.0 Å². The smallest absolute Gasteiger partial charge is 0.410 e. The average molecular weight is 541 g/mol. The number of esters is 1. The first-order valence-corrected chi connectivity index (χ1v) is 13.6. The molecule has 0 saturated carbocycles. The highest BCUT2D eigenvalue weighted by Gasteiger charge is 2.32. The van der Waals surface area contributed by atoms with Crippen molar-refractivity contribution in [1.29, 1.82) is 0 Å². The molecule has 2 aromatic carbocycles. The van der Waals surface area contributed by atoms with Crippen LogP contribution in [0.2, 0.25) is 0 Å². The van der Waals surface area contributed by atoms with E-state index in [4.69, 9.17) is 13.7 Å². The van der Waals surface area contributed by atoms with Crippen molar-refractivity contribution in [3.8, 4) is 5.75 Å². The second-order valence-corrected chi connectivity index (χ2v) is 11.8. The number of hydrogen-bond acceptors (Lipinski definition) is 7. The summed E-state index contributed by atoms with van der Waals surface area (Å²) in [6, 6.07) is 11.4. The third-order valence-electron chi connectivity index (χ3n) is 6.23. The van der Waals surface area contributed by atoms with E-state index in [-0.39, 0.29) is 17.2 Å². The predicted octanol–water partition coefficient (Wildman–Crippen LogP) is 4.82. The Morgan fingerprint density at radius 1 is 1.03 bits per heavy atom. The van der Waals surface area contributed by atoms with Gasteiger partial charge in [-0.3, -0.25) is 0 Å². The number of rotatable bonds is 5. The van der Waals surface area contributed by atoms with Gasteiger partial charge in [0, 0.05) is 36.3 Å². The highest BCUT2D eigenvalue weighted by Crippen LogP contribution is 2.36. The Kier molecular flexibility index (Phi) is 7.29. The van der Waals surface area contributed by atoms with E-state index in [1.807, 2.05) is 24.7 Å². The molecule has 1 amide bonds. The number of amides is 1. The molecular weight excluding hydrogens is 508 g/mol. The summed E-state index contributed by atoms with van der Waals surface area (Å²) in [5.74, 6) is -0.392. The third-order valence-corrected chi connectivity index (χ3v) is 7.49. The lowest BCUT2D eigenvalue weighted by Gasteiger charge is -2.32. The number of nitrogens with zero attached hydrogens (tertiary/aromatic N) is 2. The fraction of sp³-hybridized carbons (Fsp3) is 0.357. The Labute approximate surface area is 222 Å². The molecule has 0 saturated heterocycles. The molecule has 0 unspecified atom stereocenters. The lowest BCUT2D eigenvalue weighted by molar-refractivity contribution is -0.136. The molecule has 1 aliphatic heterocycles. The van der Waals surface area contributed by atoms with Crippen LogP contribution in [0, 0.1) is 6.92 Å². The summed E-state index contributed by atoms with van der Waals surface area (Å²) in [5, 5.41) is 0.714. The van der Waals surface area contributed by atoms with Gasteiger partial charge in [0.05, 0.1) is 19.2 Å². The fourth-order valence-corrected chi connectivity index (χ4v) is 5.32. The molecule has 0 radical (unpaired) electrons. The molecule has 1 aromatic heterocycles. The minimum Gasteiger partial charge on any atom is -0.466 e. The van der Waals surface area contributed by atoms with E-state index in [0.717, 1.165) is 22.2 Å². The molecule has 0 spiro atoms. The maximum Gasteiger partial charge on any atom is 0.410 e. The highest BCUT2D eigenvalue weighted by atomic mass is 32.2. The van der Waals surface area contributed by atoms with Crippen molar-refractivity contribution in [3.63, 3.8) is 0 Å². The molecule has 1 aliphatic rings. The monoisotopic (exact) mass is 540 g/mol. The van der Waals surface area contributed by atoms with Gasteiger partial charge in [-0.2, -0.15) is 8.42 Å². The first kappa shape index (κ1) is 27.3. The molecule has 202 valence electrons. The summed E-state index contributed by atoms with van der Waals surface area (Å²) in [6.45, 7) is 7.60. The van der Waals surface area contributed by atoms with E-state index >= 15 is 0 Å². The van der Waals surface area contributed by atoms with Crippen molar-refractivity contribution in [3.05, 3.63) is 65.4 Å². The fourth-order valence-electron chi connectivity index (χ4n) is 4.40. The zero-order chi connectivity index (χ0) is 27.8. The van der Waals surface area contributed by atoms with Gasteiger partial charge >= 0.3 is 22.2 Å². The highest BCUT2D eigenvalue weighted by molar-refractivity contribution is 7.87. The minimum atomic E-state index is -4.04. The number of carbonyl (C=O) groups excluding carboxylic acids is 2. The number of methoxy groups -OCH3 is 1.